The van der Waals surface area contributed by atoms with Gasteiger partial charge in [-0.3, -0.25) is 4.98 Å². The summed E-state index contributed by atoms with van der Waals surface area (Å²) in [6.45, 7) is 2.64. The number of benzene rings is 2. The predicted octanol–water partition coefficient (Wildman–Crippen LogP) is 5.54. The van der Waals surface area contributed by atoms with Gasteiger partial charge in [-0.05, 0) is 48.4 Å². The number of methoxy groups -OCH3 is 1. The molecule has 3 aromatic rings. The number of pyridine rings is 1. The van der Waals surface area contributed by atoms with Crippen LogP contribution in [-0.2, 0) is 19.3 Å². The van der Waals surface area contributed by atoms with Crippen molar-refractivity contribution in [3.8, 4) is 11.5 Å². The van der Waals surface area contributed by atoms with Gasteiger partial charge in [-0.25, -0.2) is 0 Å². The second-order valence-electron chi connectivity index (χ2n) is 6.86. The minimum Gasteiger partial charge on any atom is -0.493 e. The van der Waals surface area contributed by atoms with E-state index in [9.17, 15) is 13.2 Å². The molecule has 0 bridgehead atoms. The molecule has 1 atom stereocenters. The molecule has 1 heterocycles. The summed E-state index contributed by atoms with van der Waals surface area (Å²) in [7, 11) is 1.57. The van der Waals surface area contributed by atoms with Crippen LogP contribution >= 0.6 is 0 Å². The Labute approximate surface area is 173 Å². The van der Waals surface area contributed by atoms with Crippen LogP contribution < -0.4 is 14.8 Å². The van der Waals surface area contributed by atoms with E-state index in [0.717, 1.165) is 17.2 Å². The lowest BCUT2D eigenvalue weighted by atomic mass is 10.0. The molecule has 30 heavy (non-hydrogen) atoms. The van der Waals surface area contributed by atoms with E-state index in [0.29, 0.717) is 30.2 Å². The van der Waals surface area contributed by atoms with Gasteiger partial charge in [-0.1, -0.05) is 24.3 Å². The smallest absolute Gasteiger partial charge is 0.416 e. The maximum Gasteiger partial charge on any atom is 0.416 e. The van der Waals surface area contributed by atoms with Crippen LogP contribution in [0.15, 0.2) is 67.0 Å². The number of ether oxygens (including phenoxy) is 2. The van der Waals surface area contributed by atoms with Crippen LogP contribution in [0.3, 0.4) is 0 Å². The highest BCUT2D eigenvalue weighted by atomic mass is 19.4. The lowest BCUT2D eigenvalue weighted by Gasteiger charge is -2.17. The minimum absolute atomic E-state index is 0.255. The Morgan fingerprint density at radius 2 is 1.83 bits per heavy atom. The molecular formula is C23H23F3N2O2. The Morgan fingerprint density at radius 3 is 2.53 bits per heavy atom. The fourth-order valence-corrected chi connectivity index (χ4v) is 2.96. The summed E-state index contributed by atoms with van der Waals surface area (Å²) in [4.78, 5) is 4.06. The SMILES string of the molecule is COc1ccc(CNC(C)c2cccc(C(F)(F)F)c2)cc1OCc1cccnc1. The van der Waals surface area contributed by atoms with Gasteiger partial charge in [0.05, 0.1) is 12.7 Å². The van der Waals surface area contributed by atoms with Gasteiger partial charge in [0.2, 0.25) is 0 Å². The van der Waals surface area contributed by atoms with Crippen LogP contribution in [0.4, 0.5) is 13.2 Å². The zero-order chi connectivity index (χ0) is 21.6. The van der Waals surface area contributed by atoms with Crippen LogP contribution in [0, 0.1) is 0 Å². The zero-order valence-corrected chi connectivity index (χ0v) is 16.7. The molecule has 2 aromatic carbocycles. The second kappa shape index (κ2) is 9.63. The van der Waals surface area contributed by atoms with Crippen molar-refractivity contribution >= 4 is 0 Å². The molecule has 0 amide bonds. The van der Waals surface area contributed by atoms with Crippen molar-refractivity contribution in [2.24, 2.45) is 0 Å². The number of aromatic nitrogens is 1. The topological polar surface area (TPSA) is 43.4 Å². The quantitative estimate of drug-likeness (QED) is 0.524. The predicted molar refractivity (Wildman–Crippen MR) is 108 cm³/mol. The van der Waals surface area contributed by atoms with E-state index in [1.54, 1.807) is 25.6 Å². The molecule has 0 saturated carbocycles. The highest BCUT2D eigenvalue weighted by Crippen LogP contribution is 2.31. The third-order valence-electron chi connectivity index (χ3n) is 4.67. The Balaban J connectivity index is 1.66. The summed E-state index contributed by atoms with van der Waals surface area (Å²) in [5.74, 6) is 1.20. The molecule has 0 aliphatic rings. The highest BCUT2D eigenvalue weighted by Gasteiger charge is 2.30. The summed E-state index contributed by atoms with van der Waals surface area (Å²) in [5.41, 5.74) is 1.78. The van der Waals surface area contributed by atoms with Gasteiger partial charge in [-0.2, -0.15) is 13.2 Å². The lowest BCUT2D eigenvalue weighted by Crippen LogP contribution is -2.19. The number of alkyl halides is 3. The normalized spacial score (nSPS) is 12.4. The number of halogens is 3. The zero-order valence-electron chi connectivity index (χ0n) is 16.7. The van der Waals surface area contributed by atoms with Crippen LogP contribution in [0.1, 0.15) is 35.2 Å². The first-order valence-corrected chi connectivity index (χ1v) is 9.46. The van der Waals surface area contributed by atoms with E-state index < -0.39 is 11.7 Å². The van der Waals surface area contributed by atoms with Gasteiger partial charge in [0.25, 0.3) is 0 Å². The number of hydrogen-bond acceptors (Lipinski definition) is 4. The Kier molecular flexibility index (Phi) is 6.95. The first kappa shape index (κ1) is 21.6. The van der Waals surface area contributed by atoms with Crippen molar-refractivity contribution in [3.05, 3.63) is 89.2 Å². The molecule has 1 N–H and O–H groups in total. The van der Waals surface area contributed by atoms with Gasteiger partial charge < -0.3 is 14.8 Å². The molecule has 1 unspecified atom stereocenters. The van der Waals surface area contributed by atoms with Crippen molar-refractivity contribution in [2.75, 3.05) is 7.11 Å². The first-order valence-electron chi connectivity index (χ1n) is 9.46. The average molecular weight is 416 g/mol. The van der Waals surface area contributed by atoms with E-state index in [1.807, 2.05) is 37.3 Å². The van der Waals surface area contributed by atoms with E-state index >= 15 is 0 Å². The molecule has 0 aliphatic carbocycles. The number of nitrogens with zero attached hydrogens (tertiary/aromatic N) is 1. The van der Waals surface area contributed by atoms with Gasteiger partial charge in [0.15, 0.2) is 11.5 Å². The Bertz CT molecular complexity index is 962. The van der Waals surface area contributed by atoms with E-state index in [4.69, 9.17) is 9.47 Å². The van der Waals surface area contributed by atoms with Crippen molar-refractivity contribution in [3.63, 3.8) is 0 Å². The molecule has 3 rings (SSSR count). The van der Waals surface area contributed by atoms with Gasteiger partial charge in [0.1, 0.15) is 6.61 Å². The molecule has 0 spiro atoms. The van der Waals surface area contributed by atoms with Crippen molar-refractivity contribution in [1.29, 1.82) is 0 Å². The monoisotopic (exact) mass is 416 g/mol. The van der Waals surface area contributed by atoms with Crippen LogP contribution in [0.5, 0.6) is 11.5 Å². The number of hydrogen-bond donors (Lipinski definition) is 1. The molecule has 1 aromatic heterocycles. The van der Waals surface area contributed by atoms with Gasteiger partial charge in [0, 0.05) is 30.5 Å². The molecule has 0 saturated heterocycles. The third-order valence-corrected chi connectivity index (χ3v) is 4.67. The van der Waals surface area contributed by atoms with Gasteiger partial charge in [-0.15, -0.1) is 0 Å². The molecule has 7 heteroatoms. The van der Waals surface area contributed by atoms with Crippen molar-refractivity contribution < 1.29 is 22.6 Å². The van der Waals surface area contributed by atoms with Crippen LogP contribution in [0.2, 0.25) is 0 Å². The van der Waals surface area contributed by atoms with Crippen LogP contribution in [0.25, 0.3) is 0 Å². The maximum atomic E-state index is 12.9. The van der Waals surface area contributed by atoms with Crippen LogP contribution in [-0.4, -0.2) is 12.1 Å². The van der Waals surface area contributed by atoms with E-state index in [-0.39, 0.29) is 6.04 Å². The molecule has 158 valence electrons. The van der Waals surface area contributed by atoms with E-state index in [2.05, 4.69) is 10.3 Å². The van der Waals surface area contributed by atoms with Gasteiger partial charge >= 0.3 is 6.18 Å². The fourth-order valence-electron chi connectivity index (χ4n) is 2.96. The summed E-state index contributed by atoms with van der Waals surface area (Å²) < 4.78 is 50.1. The highest BCUT2D eigenvalue weighted by molar-refractivity contribution is 5.43. The number of rotatable bonds is 8. The van der Waals surface area contributed by atoms with Crippen molar-refractivity contribution in [2.45, 2.75) is 32.3 Å². The maximum absolute atomic E-state index is 12.9. The third kappa shape index (κ3) is 5.73. The minimum atomic E-state index is -4.35. The molecule has 0 aliphatic heterocycles. The number of nitrogens with one attached hydrogen (secondary N) is 1. The lowest BCUT2D eigenvalue weighted by molar-refractivity contribution is -0.137. The molecule has 4 nitrogen and oxygen atoms in total. The van der Waals surface area contributed by atoms with Crippen molar-refractivity contribution in [1.82, 2.24) is 10.3 Å². The Morgan fingerprint density at radius 1 is 1.00 bits per heavy atom. The summed E-state index contributed by atoms with van der Waals surface area (Å²) in [6.07, 6.45) is -0.928. The summed E-state index contributed by atoms with van der Waals surface area (Å²) in [6, 6.07) is 14.4. The largest absolute Gasteiger partial charge is 0.493 e. The average Bonchev–Trinajstić information content (AvgIpc) is 2.76. The molecular weight excluding hydrogens is 393 g/mol. The standard InChI is InChI=1S/C23H23F3N2O2/c1-16(19-6-3-7-20(12-19)23(24,25)26)28-14-17-8-9-21(29-2)22(11-17)30-15-18-5-4-10-27-13-18/h3-13,16,28H,14-15H2,1-2H3. The summed E-state index contributed by atoms with van der Waals surface area (Å²) in [5, 5.41) is 3.26. The molecule has 0 radical (unpaired) electrons. The molecule has 0 fully saturated rings. The first-order chi connectivity index (χ1) is 14.4. The second-order valence-corrected chi connectivity index (χ2v) is 6.86. The van der Waals surface area contributed by atoms with E-state index in [1.165, 1.54) is 12.1 Å². The Hall–Kier alpha value is -3.06. The summed E-state index contributed by atoms with van der Waals surface area (Å²) >= 11 is 0. The fraction of sp³-hybridized carbons (Fsp3) is 0.261.